The molecule has 3 heterocycles. The molecule has 2 aromatic heterocycles. The Hall–Kier alpha value is -3.21. The number of benzene rings is 2. The molecule has 140 valence electrons. The van der Waals surface area contributed by atoms with Gasteiger partial charge in [0.25, 0.3) is 0 Å². The van der Waals surface area contributed by atoms with E-state index in [1.54, 1.807) is 0 Å². The number of aryl methyl sites for hydroxylation is 1. The van der Waals surface area contributed by atoms with Gasteiger partial charge in [-0.25, -0.2) is 9.97 Å². The molecule has 0 atom stereocenters. The third-order valence-electron chi connectivity index (χ3n) is 5.69. The van der Waals surface area contributed by atoms with Crippen LogP contribution in [0.5, 0.6) is 0 Å². The van der Waals surface area contributed by atoms with Gasteiger partial charge in [-0.1, -0.05) is 48.5 Å². The first kappa shape index (κ1) is 16.9. The zero-order chi connectivity index (χ0) is 18.9. The van der Waals surface area contributed by atoms with Crippen molar-refractivity contribution in [1.82, 2.24) is 19.7 Å². The number of nitrogens with zero attached hydrogens (tertiary/aromatic N) is 5. The molecule has 5 rings (SSSR count). The van der Waals surface area contributed by atoms with Gasteiger partial charge in [0, 0.05) is 48.9 Å². The Morgan fingerprint density at radius 2 is 1.61 bits per heavy atom. The van der Waals surface area contributed by atoms with Crippen molar-refractivity contribution in [2.75, 3.05) is 18.0 Å². The molecule has 2 aromatic carbocycles. The van der Waals surface area contributed by atoms with Crippen molar-refractivity contribution >= 4 is 16.9 Å². The van der Waals surface area contributed by atoms with Crippen LogP contribution < -0.4 is 4.90 Å². The monoisotopic (exact) mass is 369 g/mol. The van der Waals surface area contributed by atoms with Gasteiger partial charge >= 0.3 is 0 Å². The Bertz CT molecular complexity index is 1090. The summed E-state index contributed by atoms with van der Waals surface area (Å²) in [6.45, 7) is 1.92. The summed E-state index contributed by atoms with van der Waals surface area (Å²) in [6, 6.07) is 20.8. The fourth-order valence-corrected chi connectivity index (χ4v) is 4.18. The maximum absolute atomic E-state index is 5.00. The fourth-order valence-electron chi connectivity index (χ4n) is 4.18. The normalized spacial score (nSPS) is 15.2. The molecule has 1 aliphatic heterocycles. The molecule has 4 aromatic rings. The Morgan fingerprint density at radius 1 is 0.857 bits per heavy atom. The molecular weight excluding hydrogens is 346 g/mol. The molecule has 5 heteroatoms. The average molecular weight is 369 g/mol. The van der Waals surface area contributed by atoms with Crippen molar-refractivity contribution in [3.8, 4) is 11.3 Å². The number of piperidine rings is 1. The molecule has 28 heavy (non-hydrogen) atoms. The predicted molar refractivity (Wildman–Crippen MR) is 112 cm³/mol. The first-order valence-corrected chi connectivity index (χ1v) is 9.84. The number of aromatic nitrogens is 4. The van der Waals surface area contributed by atoms with Crippen LogP contribution >= 0.6 is 0 Å². The lowest BCUT2D eigenvalue weighted by molar-refractivity contribution is 0.473. The van der Waals surface area contributed by atoms with Gasteiger partial charge in [0.2, 0.25) is 5.95 Å². The minimum atomic E-state index is 0.554. The summed E-state index contributed by atoms with van der Waals surface area (Å²) in [5.74, 6) is 1.39. The van der Waals surface area contributed by atoms with Crippen LogP contribution in [0.25, 0.3) is 22.2 Å². The number of hydrogen-bond acceptors (Lipinski definition) is 4. The molecule has 0 unspecified atom stereocenters. The van der Waals surface area contributed by atoms with Gasteiger partial charge < -0.3 is 4.90 Å². The topological polar surface area (TPSA) is 46.8 Å². The van der Waals surface area contributed by atoms with Gasteiger partial charge in [-0.15, -0.1) is 0 Å². The minimum absolute atomic E-state index is 0.554. The number of para-hydroxylation sites is 1. The molecule has 0 spiro atoms. The van der Waals surface area contributed by atoms with E-state index in [9.17, 15) is 0 Å². The summed E-state index contributed by atoms with van der Waals surface area (Å²) in [5, 5.41) is 5.43. The van der Waals surface area contributed by atoms with Crippen LogP contribution in [0.2, 0.25) is 0 Å². The van der Waals surface area contributed by atoms with E-state index in [1.807, 2.05) is 30.1 Å². The van der Waals surface area contributed by atoms with Crippen molar-refractivity contribution in [1.29, 1.82) is 0 Å². The maximum atomic E-state index is 5.00. The number of hydrogen-bond donors (Lipinski definition) is 0. The van der Waals surface area contributed by atoms with E-state index in [-0.39, 0.29) is 0 Å². The first-order valence-electron chi connectivity index (χ1n) is 9.84. The molecule has 0 bridgehead atoms. The number of anilines is 1. The minimum Gasteiger partial charge on any atom is -0.341 e. The Labute approximate surface area is 164 Å². The van der Waals surface area contributed by atoms with E-state index >= 15 is 0 Å². The van der Waals surface area contributed by atoms with Gasteiger partial charge in [-0.3, -0.25) is 4.68 Å². The predicted octanol–water partition coefficient (Wildman–Crippen LogP) is 4.41. The van der Waals surface area contributed by atoms with Gasteiger partial charge in [-0.05, 0) is 25.0 Å². The van der Waals surface area contributed by atoms with E-state index in [2.05, 4.69) is 58.5 Å². The van der Waals surface area contributed by atoms with E-state index in [0.29, 0.717) is 5.92 Å². The molecule has 0 amide bonds. The second-order valence-electron chi connectivity index (χ2n) is 7.40. The van der Waals surface area contributed by atoms with Crippen molar-refractivity contribution in [2.24, 2.45) is 7.05 Å². The Morgan fingerprint density at radius 3 is 2.36 bits per heavy atom. The quantitative estimate of drug-likeness (QED) is 0.536. The van der Waals surface area contributed by atoms with Crippen LogP contribution in [0.1, 0.15) is 24.5 Å². The van der Waals surface area contributed by atoms with Crippen LogP contribution in [-0.4, -0.2) is 32.8 Å². The van der Waals surface area contributed by atoms with Crippen LogP contribution in [0, 0.1) is 0 Å². The largest absolute Gasteiger partial charge is 0.341 e. The standard InChI is InChI=1S/C23H23N5/c1-27-21(11-14-24-27)17-12-15-28(16-13-17)23-25-20-10-6-5-9-19(20)22(26-23)18-7-3-2-4-8-18/h2-11,14,17H,12-13,15-16H2,1H3. The maximum Gasteiger partial charge on any atom is 0.226 e. The SMILES string of the molecule is Cn1nccc1C1CCN(c2nc(-c3ccccc3)c3ccccc3n2)CC1. The molecule has 0 N–H and O–H groups in total. The highest BCUT2D eigenvalue weighted by Crippen LogP contribution is 2.32. The second-order valence-corrected chi connectivity index (χ2v) is 7.40. The van der Waals surface area contributed by atoms with Gasteiger partial charge in [0.05, 0.1) is 11.2 Å². The number of fused-ring (bicyclic) bond motifs is 1. The van der Waals surface area contributed by atoms with Crippen LogP contribution in [0.15, 0.2) is 66.9 Å². The van der Waals surface area contributed by atoms with E-state index in [0.717, 1.165) is 54.0 Å². The zero-order valence-electron chi connectivity index (χ0n) is 16.0. The zero-order valence-corrected chi connectivity index (χ0v) is 16.0. The molecule has 1 saturated heterocycles. The third kappa shape index (κ3) is 3.03. The van der Waals surface area contributed by atoms with Crippen molar-refractivity contribution < 1.29 is 0 Å². The number of rotatable bonds is 3. The summed E-state index contributed by atoms with van der Waals surface area (Å²) in [7, 11) is 2.03. The van der Waals surface area contributed by atoms with Gasteiger partial charge in [-0.2, -0.15) is 5.10 Å². The smallest absolute Gasteiger partial charge is 0.226 e. The lowest BCUT2D eigenvalue weighted by Crippen LogP contribution is -2.34. The third-order valence-corrected chi connectivity index (χ3v) is 5.69. The van der Waals surface area contributed by atoms with Gasteiger partial charge in [0.15, 0.2) is 0 Å². The fraction of sp³-hybridized carbons (Fsp3) is 0.261. The highest BCUT2D eigenvalue weighted by Gasteiger charge is 2.24. The summed E-state index contributed by atoms with van der Waals surface area (Å²) >= 11 is 0. The Kier molecular flexibility index (Phi) is 4.28. The molecule has 5 nitrogen and oxygen atoms in total. The van der Waals surface area contributed by atoms with E-state index < -0.39 is 0 Å². The van der Waals surface area contributed by atoms with Crippen LogP contribution in [0.3, 0.4) is 0 Å². The highest BCUT2D eigenvalue weighted by molar-refractivity contribution is 5.93. The molecule has 1 aliphatic rings. The highest BCUT2D eigenvalue weighted by atomic mass is 15.3. The van der Waals surface area contributed by atoms with Crippen LogP contribution in [0.4, 0.5) is 5.95 Å². The summed E-state index contributed by atoms with van der Waals surface area (Å²) in [4.78, 5) is 12.2. The molecule has 0 aliphatic carbocycles. The van der Waals surface area contributed by atoms with E-state index in [1.165, 1.54) is 5.69 Å². The molecular formula is C23H23N5. The lowest BCUT2D eigenvalue weighted by atomic mass is 9.93. The van der Waals surface area contributed by atoms with Crippen LogP contribution in [-0.2, 0) is 7.05 Å². The summed E-state index contributed by atoms with van der Waals surface area (Å²) in [5.41, 5.74) is 4.46. The van der Waals surface area contributed by atoms with Crippen molar-refractivity contribution in [2.45, 2.75) is 18.8 Å². The van der Waals surface area contributed by atoms with E-state index in [4.69, 9.17) is 9.97 Å². The van der Waals surface area contributed by atoms with Crippen molar-refractivity contribution in [3.05, 3.63) is 72.6 Å². The van der Waals surface area contributed by atoms with Crippen molar-refractivity contribution in [3.63, 3.8) is 0 Å². The lowest BCUT2D eigenvalue weighted by Gasteiger charge is -2.32. The second kappa shape index (κ2) is 7.08. The average Bonchev–Trinajstić information content (AvgIpc) is 3.19. The molecule has 1 fully saturated rings. The first-order chi connectivity index (χ1) is 13.8. The summed E-state index contributed by atoms with van der Waals surface area (Å²) < 4.78 is 2.00. The summed E-state index contributed by atoms with van der Waals surface area (Å²) in [6.07, 6.45) is 4.08. The molecule has 0 saturated carbocycles. The molecule has 0 radical (unpaired) electrons. The Balaban J connectivity index is 1.48. The van der Waals surface area contributed by atoms with Gasteiger partial charge in [0.1, 0.15) is 0 Å².